The van der Waals surface area contributed by atoms with Crippen molar-refractivity contribution in [2.45, 2.75) is 197 Å². The van der Waals surface area contributed by atoms with Gasteiger partial charge in [-0.25, -0.2) is 0 Å². The second-order valence-electron chi connectivity index (χ2n) is 23.1. The SMILES string of the molecule is CCC(C)(CC)C1CC(C(C)(CC)CC)CC2(C1)C1CCC3CC(C(C)(C)C)CCC3C1C1C3CC4CC5CCCCC5CC4C3CCC12. The fraction of sp³-hybridized carbons (Fsp3) is 1.00. The van der Waals surface area contributed by atoms with Crippen molar-refractivity contribution >= 4 is 0 Å². The van der Waals surface area contributed by atoms with E-state index in [-0.39, 0.29) is 0 Å². The molecule has 0 aromatic carbocycles. The largest absolute Gasteiger partial charge is 0.0649 e. The first kappa shape index (κ1) is 36.0. The summed E-state index contributed by atoms with van der Waals surface area (Å²) < 4.78 is 0. The van der Waals surface area contributed by atoms with Crippen molar-refractivity contribution in [3.8, 4) is 0 Å². The van der Waals surface area contributed by atoms with Gasteiger partial charge in [-0.1, -0.05) is 114 Å². The van der Waals surface area contributed by atoms with Crippen LogP contribution < -0.4 is 0 Å². The third-order valence-electron chi connectivity index (χ3n) is 21.3. The lowest BCUT2D eigenvalue weighted by molar-refractivity contribution is -0.0928. The van der Waals surface area contributed by atoms with Gasteiger partial charge in [0.15, 0.2) is 0 Å². The van der Waals surface area contributed by atoms with Crippen molar-refractivity contribution in [2.75, 3.05) is 0 Å². The van der Waals surface area contributed by atoms with E-state index in [1.807, 2.05) is 0 Å². The molecule has 0 radical (unpaired) electrons. The van der Waals surface area contributed by atoms with Crippen LogP contribution in [0.15, 0.2) is 0 Å². The van der Waals surface area contributed by atoms with Crippen molar-refractivity contribution in [2.24, 2.45) is 110 Å². The highest BCUT2D eigenvalue weighted by atomic mass is 14.7. The average Bonchev–Trinajstić information content (AvgIpc) is 3.61. The maximum absolute atomic E-state index is 2.76. The van der Waals surface area contributed by atoms with Crippen LogP contribution in [0.5, 0.6) is 0 Å². The van der Waals surface area contributed by atoms with E-state index < -0.39 is 0 Å². The molecule has 0 bridgehead atoms. The molecule has 0 aromatic heterocycles. The van der Waals surface area contributed by atoms with Crippen LogP contribution in [0.3, 0.4) is 0 Å². The van der Waals surface area contributed by atoms with E-state index in [0.717, 1.165) is 88.8 Å². The maximum atomic E-state index is 2.76. The minimum Gasteiger partial charge on any atom is -0.0649 e. The summed E-state index contributed by atoms with van der Waals surface area (Å²) >= 11 is 0. The van der Waals surface area contributed by atoms with E-state index in [2.05, 4.69) is 62.3 Å². The monoisotopic (exact) mass is 673 g/mol. The maximum Gasteiger partial charge on any atom is -0.0230 e. The van der Waals surface area contributed by atoms with E-state index in [0.29, 0.717) is 21.7 Å². The third kappa shape index (κ3) is 5.66. The molecular formula is C49H84. The molecule has 0 aromatic rings. The van der Waals surface area contributed by atoms with E-state index >= 15 is 0 Å². The Balaban J connectivity index is 1.20. The highest BCUT2D eigenvalue weighted by Crippen LogP contribution is 2.77. The number of hydrogen-bond acceptors (Lipinski definition) is 0. The Morgan fingerprint density at radius 3 is 1.55 bits per heavy atom. The Labute approximate surface area is 306 Å². The van der Waals surface area contributed by atoms with Crippen LogP contribution in [0.1, 0.15) is 197 Å². The smallest absolute Gasteiger partial charge is 0.0230 e. The summed E-state index contributed by atoms with van der Waals surface area (Å²) in [6.07, 6.45) is 32.8. The molecule has 0 heterocycles. The van der Waals surface area contributed by atoms with Crippen molar-refractivity contribution in [1.82, 2.24) is 0 Å². The zero-order chi connectivity index (χ0) is 34.5. The molecule has 0 aliphatic heterocycles. The first-order valence-corrected chi connectivity index (χ1v) is 23.4. The normalized spacial score (nSPS) is 49.8. The Morgan fingerprint density at radius 1 is 0.429 bits per heavy atom. The summed E-state index contributed by atoms with van der Waals surface area (Å²) in [5.41, 5.74) is 2.20. The number of hydrogen-bond donors (Lipinski definition) is 0. The van der Waals surface area contributed by atoms with Crippen molar-refractivity contribution in [3.63, 3.8) is 0 Å². The Morgan fingerprint density at radius 2 is 0.959 bits per heavy atom. The Kier molecular flexibility index (Phi) is 9.62. The summed E-state index contributed by atoms with van der Waals surface area (Å²) in [6, 6.07) is 0. The van der Waals surface area contributed by atoms with Crippen molar-refractivity contribution in [3.05, 3.63) is 0 Å². The van der Waals surface area contributed by atoms with Gasteiger partial charge in [-0.05, 0) is 194 Å². The van der Waals surface area contributed by atoms with Gasteiger partial charge in [0.1, 0.15) is 0 Å². The minimum absolute atomic E-state index is 0.494. The minimum atomic E-state index is 0.494. The fourth-order valence-corrected chi connectivity index (χ4v) is 17.7. The third-order valence-corrected chi connectivity index (χ3v) is 21.3. The van der Waals surface area contributed by atoms with Crippen LogP contribution in [-0.4, -0.2) is 0 Å². The van der Waals surface area contributed by atoms with Gasteiger partial charge in [0.05, 0.1) is 0 Å². The van der Waals surface area contributed by atoms with E-state index in [4.69, 9.17) is 0 Å². The molecule has 0 amide bonds. The molecule has 8 saturated carbocycles. The molecule has 8 aliphatic carbocycles. The van der Waals surface area contributed by atoms with Gasteiger partial charge in [0.2, 0.25) is 0 Å². The van der Waals surface area contributed by atoms with Crippen molar-refractivity contribution < 1.29 is 0 Å². The lowest BCUT2D eigenvalue weighted by atomic mass is 9.46. The molecule has 0 saturated heterocycles. The first-order valence-electron chi connectivity index (χ1n) is 23.4. The van der Waals surface area contributed by atoms with Crippen molar-refractivity contribution in [1.29, 1.82) is 0 Å². The zero-order valence-corrected chi connectivity index (χ0v) is 34.5. The van der Waals surface area contributed by atoms with Crippen LogP contribution in [-0.2, 0) is 0 Å². The summed E-state index contributed by atoms with van der Waals surface area (Å²) in [5.74, 6) is 15.9. The van der Waals surface area contributed by atoms with Crippen LogP contribution >= 0.6 is 0 Å². The summed E-state index contributed by atoms with van der Waals surface area (Å²) in [7, 11) is 0. The van der Waals surface area contributed by atoms with Gasteiger partial charge in [0, 0.05) is 0 Å². The van der Waals surface area contributed by atoms with Gasteiger partial charge in [0.25, 0.3) is 0 Å². The van der Waals surface area contributed by atoms with Crippen LogP contribution in [0.25, 0.3) is 0 Å². The average molecular weight is 673 g/mol. The molecule has 8 aliphatic rings. The molecule has 0 N–H and O–H groups in total. The molecular weight excluding hydrogens is 589 g/mol. The quantitative estimate of drug-likeness (QED) is 0.263. The van der Waals surface area contributed by atoms with Crippen LogP contribution in [0.2, 0.25) is 0 Å². The molecule has 280 valence electrons. The molecule has 0 nitrogen and oxygen atoms in total. The summed E-state index contributed by atoms with van der Waals surface area (Å²) in [6.45, 7) is 23.5. The van der Waals surface area contributed by atoms with Gasteiger partial charge in [-0.3, -0.25) is 0 Å². The molecule has 15 unspecified atom stereocenters. The predicted molar refractivity (Wildman–Crippen MR) is 210 cm³/mol. The lowest BCUT2D eigenvalue weighted by Crippen LogP contribution is -2.50. The standard InChI is InChI=1S/C49H84/c1-10-47(8,11-2)36-28-37(48(9,12-3)13-4)30-49(29-36)42-22-18-33-25-35(46(5,6)7)19-20-38(33)44(42)45-41-27-34-24-31-16-14-15-17-32(31)26-40(34)39(41)21-23-43(45)49/h31-45H,10-30H2,1-9H3. The van der Waals surface area contributed by atoms with E-state index in [1.165, 1.54) is 25.7 Å². The highest BCUT2D eigenvalue weighted by molar-refractivity contribution is 5.18. The molecule has 8 fully saturated rings. The zero-order valence-electron chi connectivity index (χ0n) is 34.5. The first-order chi connectivity index (χ1) is 23.4. The molecule has 0 heteroatoms. The molecule has 1 spiro atoms. The second kappa shape index (κ2) is 13.1. The summed E-state index contributed by atoms with van der Waals surface area (Å²) in [4.78, 5) is 0. The summed E-state index contributed by atoms with van der Waals surface area (Å²) in [5, 5.41) is 0. The van der Waals surface area contributed by atoms with Gasteiger partial charge in [-0.2, -0.15) is 0 Å². The van der Waals surface area contributed by atoms with Crippen LogP contribution in [0.4, 0.5) is 0 Å². The topological polar surface area (TPSA) is 0 Å². The van der Waals surface area contributed by atoms with Crippen LogP contribution in [0, 0.1) is 110 Å². The highest BCUT2D eigenvalue weighted by Gasteiger charge is 2.70. The van der Waals surface area contributed by atoms with E-state index in [1.54, 1.807) is 109 Å². The number of rotatable bonds is 6. The predicted octanol–water partition coefficient (Wildman–Crippen LogP) is 14.7. The lowest BCUT2D eigenvalue weighted by Gasteiger charge is -2.59. The van der Waals surface area contributed by atoms with Gasteiger partial charge >= 0.3 is 0 Å². The molecule has 15 atom stereocenters. The van der Waals surface area contributed by atoms with Gasteiger partial charge < -0.3 is 0 Å². The molecule has 49 heavy (non-hydrogen) atoms. The Hall–Kier alpha value is 0. The van der Waals surface area contributed by atoms with E-state index in [9.17, 15) is 0 Å². The number of fused-ring (bicyclic) bond motifs is 12. The molecule has 8 rings (SSSR count). The fourth-order valence-electron chi connectivity index (χ4n) is 17.7. The second-order valence-corrected chi connectivity index (χ2v) is 23.1. The Bertz CT molecular complexity index is 1120. The van der Waals surface area contributed by atoms with Gasteiger partial charge in [-0.15, -0.1) is 0 Å².